The molecule has 10 aromatic rings. The number of nitrogens with one attached hydrogen (secondary N) is 3. The summed E-state index contributed by atoms with van der Waals surface area (Å²) in [6.07, 6.45) is 5.32. The summed E-state index contributed by atoms with van der Waals surface area (Å²) in [6.45, 7) is 16.6. The Labute approximate surface area is 637 Å². The lowest BCUT2D eigenvalue weighted by atomic mass is 10.2. The summed E-state index contributed by atoms with van der Waals surface area (Å²) in [5, 5.41) is 35.1. The van der Waals surface area contributed by atoms with Gasteiger partial charge in [0.05, 0.1) is 24.8 Å². The number of aromatic hydroxyl groups is 2. The first-order valence-corrected chi connectivity index (χ1v) is 34.6. The number of carbonyl (C=O) groups excluding carboxylic acids is 6. The first-order valence-electron chi connectivity index (χ1n) is 34.6. The third kappa shape index (κ3) is 31.4. The van der Waals surface area contributed by atoms with Crippen molar-refractivity contribution in [3.8, 4) is 46.0 Å². The molecule has 4 aromatic heterocycles. The van der Waals surface area contributed by atoms with E-state index in [-0.39, 0.29) is 85.2 Å². The Morgan fingerprint density at radius 1 is 0.318 bits per heavy atom. The van der Waals surface area contributed by atoms with Gasteiger partial charge < -0.3 is 73.9 Å². The topological polar surface area (TPSA) is 351 Å². The average molecular weight is 1500 g/mol. The van der Waals surface area contributed by atoms with Crippen LogP contribution in [0.1, 0.15) is 138 Å². The fourth-order valence-electron chi connectivity index (χ4n) is 9.24. The standard InChI is InChI=1S/2C26H28N2O5.C20H17NO4.C12H16N2O5/c2*1-26(2,3)33-23(29)16-28-25(30)24-22(32-18-20-12-8-5-9-13-20)14-21(15-27-24)31-17-19-10-6-4-7-11-19;22-20(23)19-18(25-14-16-9-5-2-6-10-16)11-17(12-21-19)24-13-15-7-3-1-4-8-15;1-12(2,3)19-9(17)6-14-11(18)10-8(16)4-7(15)5-13-10/h2*4-15H,16-18H2,1-3H3,(H,28,30);1-12H,13-14H2,(H,22,23);4-5,15-16H,6H2,1-3H3,(H,14,18). The van der Waals surface area contributed by atoms with Gasteiger partial charge in [0.1, 0.15) is 99.1 Å². The predicted molar refractivity (Wildman–Crippen MR) is 406 cm³/mol. The number of pyridine rings is 4. The first kappa shape index (κ1) is 83.9. The van der Waals surface area contributed by atoms with Crippen LogP contribution in [0.3, 0.4) is 0 Å². The molecule has 0 bridgehead atoms. The number of carboxylic acids is 1. The second kappa shape index (κ2) is 42.1. The number of aromatic carboxylic acids is 1. The number of ether oxygens (including phenoxy) is 9. The largest absolute Gasteiger partial charge is 0.506 e. The second-order valence-electron chi connectivity index (χ2n) is 26.9. The molecule has 10 rings (SSSR count). The third-order valence-corrected chi connectivity index (χ3v) is 14.1. The highest BCUT2D eigenvalue weighted by molar-refractivity contribution is 5.98. The monoisotopic (exact) mass is 1500 g/mol. The van der Waals surface area contributed by atoms with Gasteiger partial charge >= 0.3 is 23.9 Å². The van der Waals surface area contributed by atoms with E-state index in [0.717, 1.165) is 45.6 Å². The zero-order valence-electron chi connectivity index (χ0n) is 62.5. The molecule has 26 nitrogen and oxygen atoms in total. The van der Waals surface area contributed by atoms with Crippen molar-refractivity contribution in [1.82, 2.24) is 35.9 Å². The highest BCUT2D eigenvalue weighted by Crippen LogP contribution is 2.29. The molecule has 0 fully saturated rings. The number of esters is 3. The molecule has 6 aromatic carbocycles. The zero-order valence-corrected chi connectivity index (χ0v) is 62.5. The summed E-state index contributed by atoms with van der Waals surface area (Å²) in [6, 6.07) is 63.6. The minimum atomic E-state index is -1.14. The lowest BCUT2D eigenvalue weighted by Gasteiger charge is -2.19. The molecule has 110 heavy (non-hydrogen) atoms. The minimum absolute atomic E-state index is 0.0570. The molecule has 0 saturated carbocycles. The van der Waals surface area contributed by atoms with Gasteiger partial charge in [-0.1, -0.05) is 182 Å². The van der Waals surface area contributed by atoms with Crippen LogP contribution in [0.4, 0.5) is 0 Å². The van der Waals surface area contributed by atoms with Gasteiger partial charge in [-0.3, -0.25) is 28.8 Å². The number of amides is 3. The number of rotatable bonds is 28. The van der Waals surface area contributed by atoms with E-state index in [1.54, 1.807) is 80.5 Å². The summed E-state index contributed by atoms with van der Waals surface area (Å²) in [5.74, 6) is -3.29. The Morgan fingerprint density at radius 2 is 0.555 bits per heavy atom. The summed E-state index contributed by atoms with van der Waals surface area (Å²) >= 11 is 0. The smallest absolute Gasteiger partial charge is 0.358 e. The number of aromatic nitrogens is 4. The van der Waals surface area contributed by atoms with E-state index in [0.29, 0.717) is 37.1 Å². The van der Waals surface area contributed by atoms with Crippen LogP contribution < -0.4 is 44.4 Å². The average Bonchev–Trinajstić information content (AvgIpc) is 0.846. The van der Waals surface area contributed by atoms with E-state index in [2.05, 4.69) is 35.9 Å². The van der Waals surface area contributed by atoms with Gasteiger partial charge in [0.25, 0.3) is 17.7 Å². The van der Waals surface area contributed by atoms with Crippen molar-refractivity contribution in [2.24, 2.45) is 0 Å². The molecule has 0 aliphatic heterocycles. The minimum Gasteiger partial charge on any atom is -0.506 e. The van der Waals surface area contributed by atoms with Gasteiger partial charge in [-0.15, -0.1) is 0 Å². The van der Waals surface area contributed by atoms with Crippen molar-refractivity contribution in [3.63, 3.8) is 0 Å². The molecule has 574 valence electrons. The molecule has 0 radical (unpaired) electrons. The number of hydrogen-bond donors (Lipinski definition) is 6. The maximum atomic E-state index is 12.7. The van der Waals surface area contributed by atoms with Gasteiger partial charge in [-0.25, -0.2) is 24.7 Å². The van der Waals surface area contributed by atoms with Gasteiger partial charge in [-0.2, -0.15) is 0 Å². The van der Waals surface area contributed by atoms with Crippen LogP contribution in [-0.4, -0.2) is 113 Å². The molecule has 0 atom stereocenters. The molecular formula is C84H89N7O19. The Hall–Kier alpha value is -13.4. The zero-order chi connectivity index (χ0) is 79.5. The Balaban J connectivity index is 0.000000208. The SMILES string of the molecule is CC(C)(C)OC(=O)CNC(=O)c1ncc(O)cc1O.CC(C)(C)OC(=O)CNC(=O)c1ncc(OCc2ccccc2)cc1OCc1ccccc1.CC(C)(C)OC(=O)CNC(=O)c1ncc(OCc2ccccc2)cc1OCc1ccccc1.O=C(O)c1ncc(OCc2ccccc2)cc1OCc1ccccc1. The lowest BCUT2D eigenvalue weighted by Crippen LogP contribution is -2.35. The van der Waals surface area contributed by atoms with Crippen LogP contribution in [-0.2, 0) is 68.2 Å². The van der Waals surface area contributed by atoms with E-state index >= 15 is 0 Å². The fourth-order valence-corrected chi connectivity index (χ4v) is 9.24. The highest BCUT2D eigenvalue weighted by Gasteiger charge is 2.24. The van der Waals surface area contributed by atoms with Crippen molar-refractivity contribution >= 4 is 41.6 Å². The number of hydrogen-bond acceptors (Lipinski definition) is 22. The highest BCUT2D eigenvalue weighted by atomic mass is 16.6. The van der Waals surface area contributed by atoms with Gasteiger partial charge in [0.15, 0.2) is 45.8 Å². The van der Waals surface area contributed by atoms with Crippen LogP contribution in [0, 0.1) is 0 Å². The Kier molecular flexibility index (Phi) is 32.1. The molecule has 0 aliphatic carbocycles. The molecule has 0 spiro atoms. The van der Waals surface area contributed by atoms with Crippen molar-refractivity contribution in [2.75, 3.05) is 19.6 Å². The molecule has 6 N–H and O–H groups in total. The van der Waals surface area contributed by atoms with E-state index in [9.17, 15) is 43.8 Å². The van der Waals surface area contributed by atoms with Crippen LogP contribution in [0.15, 0.2) is 231 Å². The summed E-state index contributed by atoms with van der Waals surface area (Å²) in [5.41, 5.74) is 3.62. The van der Waals surface area contributed by atoms with Crippen molar-refractivity contribution in [1.29, 1.82) is 0 Å². The summed E-state index contributed by atoms with van der Waals surface area (Å²) in [4.78, 5) is 99.7. The fraction of sp³-hybridized carbons (Fsp3) is 0.250. The lowest BCUT2D eigenvalue weighted by molar-refractivity contribution is -0.154. The summed E-state index contributed by atoms with van der Waals surface area (Å²) < 4.78 is 50.2. The summed E-state index contributed by atoms with van der Waals surface area (Å²) in [7, 11) is 0. The number of carbonyl (C=O) groups is 7. The van der Waals surface area contributed by atoms with Crippen LogP contribution >= 0.6 is 0 Å². The van der Waals surface area contributed by atoms with Crippen LogP contribution in [0.25, 0.3) is 0 Å². The van der Waals surface area contributed by atoms with Crippen molar-refractivity contribution in [2.45, 2.75) is 119 Å². The number of carboxylic acid groups (broad SMARTS) is 1. The predicted octanol–water partition coefficient (Wildman–Crippen LogP) is 13.1. The molecule has 0 unspecified atom stereocenters. The van der Waals surface area contributed by atoms with Crippen LogP contribution in [0.5, 0.6) is 46.0 Å². The van der Waals surface area contributed by atoms with E-state index in [1.807, 2.05) is 182 Å². The van der Waals surface area contributed by atoms with E-state index in [1.165, 1.54) is 18.6 Å². The van der Waals surface area contributed by atoms with E-state index in [4.69, 9.17) is 47.7 Å². The van der Waals surface area contributed by atoms with Gasteiger partial charge in [-0.05, 0) is 95.7 Å². The molecule has 3 amide bonds. The van der Waals surface area contributed by atoms with Crippen molar-refractivity contribution < 1.29 is 91.5 Å². The molecule has 26 heteroatoms. The third-order valence-electron chi connectivity index (χ3n) is 14.1. The van der Waals surface area contributed by atoms with Crippen LogP contribution in [0.2, 0.25) is 0 Å². The van der Waals surface area contributed by atoms with Gasteiger partial charge in [0, 0.05) is 24.3 Å². The normalized spacial score (nSPS) is 10.7. The molecular weight excluding hydrogens is 1410 g/mol. The number of nitrogens with zero attached hydrogens (tertiary/aromatic N) is 4. The Morgan fingerprint density at radius 3 is 0.809 bits per heavy atom. The quantitative estimate of drug-likeness (QED) is 0.0196. The molecule has 4 heterocycles. The Bertz CT molecular complexity index is 4430. The first-order chi connectivity index (χ1) is 52.5. The second-order valence-corrected chi connectivity index (χ2v) is 26.9. The number of benzene rings is 6. The molecule has 0 aliphatic rings. The van der Waals surface area contributed by atoms with Crippen molar-refractivity contribution in [3.05, 3.63) is 287 Å². The van der Waals surface area contributed by atoms with E-state index < -0.39 is 64.2 Å². The molecule has 0 saturated heterocycles. The maximum absolute atomic E-state index is 12.7. The maximum Gasteiger partial charge on any atom is 0.358 e. The van der Waals surface area contributed by atoms with Gasteiger partial charge in [0.2, 0.25) is 0 Å².